The molecule has 17 heteroatoms. The van der Waals surface area contributed by atoms with Crippen molar-refractivity contribution in [2.75, 3.05) is 0 Å². The summed E-state index contributed by atoms with van der Waals surface area (Å²) in [4.78, 5) is 0. The third-order valence-corrected chi connectivity index (χ3v) is 24.0. The Bertz CT molecular complexity index is 6950. The van der Waals surface area contributed by atoms with E-state index in [-0.39, 0.29) is 87.6 Å². The van der Waals surface area contributed by atoms with Gasteiger partial charge in [0, 0.05) is 0 Å². The van der Waals surface area contributed by atoms with Gasteiger partial charge in [0.1, 0.15) is 52.7 Å². The Morgan fingerprint density at radius 3 is 0.479 bits per heavy atom. The summed E-state index contributed by atoms with van der Waals surface area (Å²) in [6.07, 6.45) is -7.21. The number of benzene rings is 20. The first-order chi connectivity index (χ1) is 58.8. The van der Waals surface area contributed by atoms with E-state index in [2.05, 4.69) is 0 Å². The molecule has 121 heavy (non-hydrogen) atoms. The molecule has 0 N–H and O–H groups in total. The summed E-state index contributed by atoms with van der Waals surface area (Å²) < 4.78 is 316. The summed E-state index contributed by atoms with van der Waals surface area (Å²) >= 11 is 0. The van der Waals surface area contributed by atoms with Gasteiger partial charge in [-0.1, -0.05) is 315 Å². The predicted molar refractivity (Wildman–Crippen MR) is 453 cm³/mol. The first-order valence-corrected chi connectivity index (χ1v) is 38.4. The molecule has 0 unspecified atom stereocenters. The van der Waals surface area contributed by atoms with Crippen molar-refractivity contribution in [3.63, 3.8) is 0 Å². The average Bonchev–Trinajstić information content (AvgIpc) is 0.670. The van der Waals surface area contributed by atoms with Crippen molar-refractivity contribution in [2.45, 2.75) is 0 Å². The van der Waals surface area contributed by atoms with Gasteiger partial charge in [0.15, 0.2) is 46.5 Å². The molecule has 0 aromatic heterocycles. The molecule has 0 saturated carbocycles. The average molecular weight is 1620 g/mol. The largest absolute Gasteiger partial charge is 0.210 e. The van der Waals surface area contributed by atoms with E-state index in [4.69, 9.17) is 0 Å². The standard InChI is InChI=1S/C104H52BF16/c106-89-81(73-49-45-57-25-5-13-37-65(57)77(73)69-41-17-29-53-21-1-9-33-61(53)69)93(110)101(118)97(114)85(89)105(86-90(107)82(94(111)102(119)98(86)115)74-50-46-58-26-6-14-38-66(58)78(74)70-42-18-30-54-22-2-10-34-62(54)70,87-91(108)83(95(112)103(120)99(87)116)75-51-47-59-27-7-15-39-67(59)79(75)71-43-19-31-55-23-3-11-35-63(55)71)88-92(109)84(96(113)104(121)100(88)117)76-52-48-60-28-8-16-40-68(60)80(76)72-44-20-32-56-24-4-12-36-64(56)72/h1-52H/q-1. The molecule has 0 bridgehead atoms. The Kier molecular flexibility index (Phi) is 18.0. The Morgan fingerprint density at radius 2 is 0.281 bits per heavy atom. The van der Waals surface area contributed by atoms with Gasteiger partial charge in [-0.05, 0) is 153 Å². The number of rotatable bonds is 12. The molecule has 0 aliphatic carbocycles. The Hall–Kier alpha value is -14.6. The molecule has 0 nitrogen and oxygen atoms in total. The van der Waals surface area contributed by atoms with Crippen LogP contribution >= 0.6 is 0 Å². The van der Waals surface area contributed by atoms with Crippen molar-refractivity contribution in [3.8, 4) is 89.0 Å². The van der Waals surface area contributed by atoms with Crippen LogP contribution in [0.2, 0.25) is 0 Å². The fourth-order valence-corrected chi connectivity index (χ4v) is 18.8. The molecule has 0 saturated heterocycles. The highest BCUT2D eigenvalue weighted by Gasteiger charge is 2.53. The van der Waals surface area contributed by atoms with Gasteiger partial charge in [-0.3, -0.25) is 0 Å². The van der Waals surface area contributed by atoms with E-state index in [0.717, 1.165) is 24.3 Å². The summed E-state index contributed by atoms with van der Waals surface area (Å²) in [7, 11) is 0. The topological polar surface area (TPSA) is 0 Å². The zero-order valence-electron chi connectivity index (χ0n) is 62.6. The van der Waals surface area contributed by atoms with Crippen molar-refractivity contribution in [1.29, 1.82) is 0 Å². The van der Waals surface area contributed by atoms with Crippen LogP contribution in [0.15, 0.2) is 315 Å². The van der Waals surface area contributed by atoms with E-state index in [1.807, 2.05) is 0 Å². The maximum absolute atomic E-state index is 21.2. The van der Waals surface area contributed by atoms with Gasteiger partial charge in [0.25, 0.3) is 0 Å². The first-order valence-electron chi connectivity index (χ1n) is 38.4. The lowest BCUT2D eigenvalue weighted by atomic mass is 9.12. The van der Waals surface area contributed by atoms with Crippen LogP contribution in [-0.2, 0) is 0 Å². The van der Waals surface area contributed by atoms with E-state index >= 15 is 70.2 Å². The molecule has 0 aliphatic heterocycles. The predicted octanol–water partition coefficient (Wildman–Crippen LogP) is 27.9. The second-order valence-corrected chi connectivity index (χ2v) is 30.0. The number of fused-ring (bicyclic) bond motifs is 8. The van der Waals surface area contributed by atoms with Crippen LogP contribution in [0.4, 0.5) is 70.2 Å². The molecule has 20 aromatic rings. The van der Waals surface area contributed by atoms with Crippen LogP contribution in [0.1, 0.15) is 0 Å². The molecule has 584 valence electrons. The summed E-state index contributed by atoms with van der Waals surface area (Å²) in [6, 6.07) is 77.0. The van der Waals surface area contributed by atoms with Gasteiger partial charge in [0.05, 0.1) is 22.3 Å². The van der Waals surface area contributed by atoms with Gasteiger partial charge < -0.3 is 0 Å². The van der Waals surface area contributed by atoms with E-state index in [1.165, 1.54) is 121 Å². The van der Waals surface area contributed by atoms with Gasteiger partial charge in [-0.25, -0.2) is 70.2 Å². The van der Waals surface area contributed by atoms with Crippen molar-refractivity contribution >= 4 is 114 Å². The van der Waals surface area contributed by atoms with Crippen molar-refractivity contribution in [3.05, 3.63) is 409 Å². The zero-order valence-corrected chi connectivity index (χ0v) is 62.6. The van der Waals surface area contributed by atoms with Crippen LogP contribution in [0.5, 0.6) is 0 Å². The smallest absolute Gasteiger partial charge is 0.191 e. The third kappa shape index (κ3) is 11.2. The van der Waals surface area contributed by atoms with Crippen molar-refractivity contribution in [2.24, 2.45) is 0 Å². The normalized spacial score (nSPS) is 12.0. The second-order valence-electron chi connectivity index (χ2n) is 30.0. The van der Waals surface area contributed by atoms with Crippen LogP contribution in [0.3, 0.4) is 0 Å². The van der Waals surface area contributed by atoms with Gasteiger partial charge in [-0.15, -0.1) is 21.9 Å². The molecular weight excluding hydrogens is 1560 g/mol. The Balaban J connectivity index is 1.05. The highest BCUT2D eigenvalue weighted by atomic mass is 19.2. The number of hydrogen-bond acceptors (Lipinski definition) is 0. The monoisotopic (exact) mass is 1620 g/mol. The van der Waals surface area contributed by atoms with Gasteiger partial charge in [0.2, 0.25) is 0 Å². The van der Waals surface area contributed by atoms with Crippen molar-refractivity contribution < 1.29 is 70.2 Å². The molecule has 0 spiro atoms. The van der Waals surface area contributed by atoms with Crippen LogP contribution in [0.25, 0.3) is 175 Å². The molecule has 0 fully saturated rings. The summed E-state index contributed by atoms with van der Waals surface area (Å²) in [6.45, 7) is 0. The van der Waals surface area contributed by atoms with Crippen LogP contribution < -0.4 is 21.9 Å². The number of hydrogen-bond donors (Lipinski definition) is 0. The lowest BCUT2D eigenvalue weighted by Crippen LogP contribution is -2.81. The van der Waals surface area contributed by atoms with Crippen LogP contribution in [0, 0.1) is 93.1 Å². The SMILES string of the molecule is Fc1c(F)c(-c2ccc3ccccc3c2-c2cccc3ccccc23)c(F)c([B-](c2c(F)c(F)c(F)c(-c3ccc4ccccc4c3-c3cccc4ccccc34)c2F)(c2c(F)c(F)c(F)c(-c3ccc4ccccc4c3-c3cccc4ccccc34)c2F)c2c(F)c(F)c(F)c(-c3ccc4ccccc4c3-c3cccc4ccccc34)c2F)c1F. The van der Waals surface area contributed by atoms with E-state index in [0.29, 0.717) is 43.1 Å². The third-order valence-electron chi connectivity index (χ3n) is 24.0. The van der Waals surface area contributed by atoms with E-state index in [1.54, 1.807) is 170 Å². The zero-order chi connectivity index (χ0) is 83.3. The minimum atomic E-state index is -7.21. The molecule has 0 radical (unpaired) electrons. The first kappa shape index (κ1) is 75.2. The quantitative estimate of drug-likeness (QED) is 0.0495. The fraction of sp³-hybridized carbons (Fsp3) is 0. The summed E-state index contributed by atoms with van der Waals surface area (Å²) in [5, 5.41) is 4.30. The molecular formula is C104H52BF16-. The minimum absolute atomic E-state index is 0.0471. The highest BCUT2D eigenvalue weighted by molar-refractivity contribution is 7.20. The molecule has 0 atom stereocenters. The fourth-order valence-electron chi connectivity index (χ4n) is 18.8. The van der Waals surface area contributed by atoms with Crippen molar-refractivity contribution in [1.82, 2.24) is 0 Å². The second kappa shape index (κ2) is 28.9. The van der Waals surface area contributed by atoms with Crippen LogP contribution in [-0.4, -0.2) is 6.15 Å². The maximum Gasteiger partial charge on any atom is 0.191 e. The van der Waals surface area contributed by atoms with E-state index < -0.39 is 166 Å². The van der Waals surface area contributed by atoms with Gasteiger partial charge >= 0.3 is 0 Å². The maximum atomic E-state index is 21.2. The lowest BCUT2D eigenvalue weighted by molar-refractivity contribution is 0.437. The summed E-state index contributed by atoms with van der Waals surface area (Å²) in [5.41, 5.74) is -23.6. The molecule has 0 aliphatic rings. The summed E-state index contributed by atoms with van der Waals surface area (Å²) in [5.74, 6) is -46.8. The number of halogens is 16. The molecule has 20 aromatic carbocycles. The Morgan fingerprint density at radius 1 is 0.116 bits per heavy atom. The minimum Gasteiger partial charge on any atom is -0.210 e. The molecule has 0 amide bonds. The molecule has 0 heterocycles. The Labute approximate surface area is 678 Å². The lowest BCUT2D eigenvalue weighted by Gasteiger charge is -2.46. The van der Waals surface area contributed by atoms with E-state index in [9.17, 15) is 0 Å². The molecule has 20 rings (SSSR count). The van der Waals surface area contributed by atoms with Gasteiger partial charge in [-0.2, -0.15) is 0 Å². The highest BCUT2D eigenvalue weighted by Crippen LogP contribution is 2.51.